The molecule has 0 saturated heterocycles. The second kappa shape index (κ2) is 5.87. The average molecular weight is 254 g/mol. The van der Waals surface area contributed by atoms with Crippen LogP contribution >= 0.6 is 0 Å². The molecular formula is C16H14O3. The predicted molar refractivity (Wildman–Crippen MR) is 74.6 cm³/mol. The van der Waals surface area contributed by atoms with Crippen LogP contribution in [0.25, 0.3) is 17.2 Å². The molecule has 0 aliphatic heterocycles. The Hall–Kier alpha value is -2.55. The number of benzene rings is 2. The molecule has 3 nitrogen and oxygen atoms in total. The minimum atomic E-state index is -0.373. The number of rotatable bonds is 3. The van der Waals surface area contributed by atoms with E-state index in [1.165, 1.54) is 13.2 Å². The average Bonchev–Trinajstić information content (AvgIpc) is 2.46. The summed E-state index contributed by atoms with van der Waals surface area (Å²) >= 11 is 0. The SMILES string of the molecule is COC(=O)C=Cc1ccc(-c2ccc(O)cc2)cc1. The summed E-state index contributed by atoms with van der Waals surface area (Å²) in [6.45, 7) is 0. The van der Waals surface area contributed by atoms with Crippen molar-refractivity contribution in [1.29, 1.82) is 0 Å². The first-order valence-electron chi connectivity index (χ1n) is 5.84. The Kier molecular flexibility index (Phi) is 3.98. The number of phenolic OH excluding ortho intramolecular Hbond substituents is 1. The molecule has 0 aliphatic carbocycles. The fraction of sp³-hybridized carbons (Fsp3) is 0.0625. The van der Waals surface area contributed by atoms with E-state index in [2.05, 4.69) is 4.74 Å². The lowest BCUT2D eigenvalue weighted by molar-refractivity contribution is -0.134. The van der Waals surface area contributed by atoms with Gasteiger partial charge in [0.15, 0.2) is 0 Å². The van der Waals surface area contributed by atoms with Crippen molar-refractivity contribution in [3.63, 3.8) is 0 Å². The molecule has 0 bridgehead atoms. The number of hydrogen-bond acceptors (Lipinski definition) is 3. The molecule has 0 amide bonds. The maximum absolute atomic E-state index is 11.0. The molecule has 96 valence electrons. The molecule has 3 heteroatoms. The van der Waals surface area contributed by atoms with Crippen LogP contribution < -0.4 is 0 Å². The van der Waals surface area contributed by atoms with Crippen LogP contribution in [0.15, 0.2) is 54.6 Å². The molecule has 19 heavy (non-hydrogen) atoms. The summed E-state index contributed by atoms with van der Waals surface area (Å²) in [5, 5.41) is 9.24. The fourth-order valence-corrected chi connectivity index (χ4v) is 1.67. The molecule has 1 N–H and O–H groups in total. The van der Waals surface area contributed by atoms with Crippen molar-refractivity contribution in [2.75, 3.05) is 7.11 Å². The lowest BCUT2D eigenvalue weighted by Gasteiger charge is -2.02. The van der Waals surface area contributed by atoms with E-state index in [1.54, 1.807) is 18.2 Å². The highest BCUT2D eigenvalue weighted by Crippen LogP contribution is 2.22. The monoisotopic (exact) mass is 254 g/mol. The van der Waals surface area contributed by atoms with Crippen LogP contribution in [0.4, 0.5) is 0 Å². The Bertz CT molecular complexity index is 580. The van der Waals surface area contributed by atoms with Gasteiger partial charge in [0.1, 0.15) is 5.75 Å². The number of hydrogen-bond donors (Lipinski definition) is 1. The number of ether oxygens (including phenoxy) is 1. The van der Waals surface area contributed by atoms with Gasteiger partial charge in [-0.25, -0.2) is 4.79 Å². The summed E-state index contributed by atoms with van der Waals surface area (Å²) in [6, 6.07) is 14.8. The summed E-state index contributed by atoms with van der Waals surface area (Å²) < 4.78 is 4.53. The molecular weight excluding hydrogens is 240 g/mol. The van der Waals surface area contributed by atoms with Gasteiger partial charge in [-0.3, -0.25) is 0 Å². The van der Waals surface area contributed by atoms with E-state index in [4.69, 9.17) is 0 Å². The van der Waals surface area contributed by atoms with Gasteiger partial charge in [-0.05, 0) is 34.9 Å². The van der Waals surface area contributed by atoms with E-state index in [-0.39, 0.29) is 11.7 Å². The van der Waals surface area contributed by atoms with Crippen molar-refractivity contribution >= 4 is 12.0 Å². The summed E-state index contributed by atoms with van der Waals surface area (Å²) in [6.07, 6.45) is 3.09. The number of carbonyl (C=O) groups is 1. The summed E-state index contributed by atoms with van der Waals surface area (Å²) in [4.78, 5) is 11.0. The summed E-state index contributed by atoms with van der Waals surface area (Å²) in [5.41, 5.74) is 3.00. The Labute approximate surface area is 111 Å². The van der Waals surface area contributed by atoms with Crippen LogP contribution in [0, 0.1) is 0 Å². The number of carbonyl (C=O) groups excluding carboxylic acids is 1. The maximum Gasteiger partial charge on any atom is 0.330 e. The van der Waals surface area contributed by atoms with Gasteiger partial charge < -0.3 is 9.84 Å². The van der Waals surface area contributed by atoms with Crippen LogP contribution in [0.1, 0.15) is 5.56 Å². The first-order valence-corrected chi connectivity index (χ1v) is 5.84. The molecule has 0 atom stereocenters. The van der Waals surface area contributed by atoms with Gasteiger partial charge in [0.2, 0.25) is 0 Å². The molecule has 0 aliphatic rings. The zero-order chi connectivity index (χ0) is 13.7. The van der Waals surface area contributed by atoms with Crippen LogP contribution in [-0.2, 0) is 9.53 Å². The number of aromatic hydroxyl groups is 1. The molecule has 2 aromatic carbocycles. The molecule has 0 heterocycles. The predicted octanol–water partition coefficient (Wildman–Crippen LogP) is 3.25. The van der Waals surface area contributed by atoms with Crippen LogP contribution in [0.3, 0.4) is 0 Å². The number of methoxy groups -OCH3 is 1. The zero-order valence-electron chi connectivity index (χ0n) is 10.5. The van der Waals surface area contributed by atoms with Crippen molar-refractivity contribution in [2.45, 2.75) is 0 Å². The van der Waals surface area contributed by atoms with E-state index in [1.807, 2.05) is 36.4 Å². The molecule has 0 saturated carbocycles. The summed E-state index contributed by atoms with van der Waals surface area (Å²) in [5.74, 6) is -0.121. The van der Waals surface area contributed by atoms with Crippen molar-refractivity contribution in [2.24, 2.45) is 0 Å². The van der Waals surface area contributed by atoms with E-state index in [0.29, 0.717) is 0 Å². The minimum Gasteiger partial charge on any atom is -0.508 e. The third-order valence-electron chi connectivity index (χ3n) is 2.72. The first-order chi connectivity index (χ1) is 9.19. The second-order valence-corrected chi connectivity index (χ2v) is 4.03. The van der Waals surface area contributed by atoms with Gasteiger partial charge >= 0.3 is 5.97 Å². The molecule has 0 aromatic heterocycles. The molecule has 2 aromatic rings. The summed E-state index contributed by atoms with van der Waals surface area (Å²) in [7, 11) is 1.35. The Morgan fingerprint density at radius 3 is 2.05 bits per heavy atom. The molecule has 0 radical (unpaired) electrons. The standard InChI is InChI=1S/C16H14O3/c1-19-16(18)11-4-12-2-5-13(6-3-12)14-7-9-15(17)10-8-14/h2-11,17H,1H3. The third kappa shape index (κ3) is 3.45. The van der Waals surface area contributed by atoms with Gasteiger partial charge in [0, 0.05) is 6.08 Å². The quantitative estimate of drug-likeness (QED) is 0.675. The molecule has 0 fully saturated rings. The first kappa shape index (κ1) is 12.9. The molecule has 0 spiro atoms. The lowest BCUT2D eigenvalue weighted by atomic mass is 10.0. The van der Waals surface area contributed by atoms with E-state index in [9.17, 15) is 9.90 Å². The van der Waals surface area contributed by atoms with Gasteiger partial charge in [-0.15, -0.1) is 0 Å². The van der Waals surface area contributed by atoms with Gasteiger partial charge in [0.25, 0.3) is 0 Å². The van der Waals surface area contributed by atoms with Crippen LogP contribution in [-0.4, -0.2) is 18.2 Å². The third-order valence-corrected chi connectivity index (χ3v) is 2.72. The van der Waals surface area contributed by atoms with Crippen LogP contribution in [0.2, 0.25) is 0 Å². The highest BCUT2D eigenvalue weighted by molar-refractivity contribution is 5.87. The van der Waals surface area contributed by atoms with Crippen LogP contribution in [0.5, 0.6) is 5.75 Å². The van der Waals surface area contributed by atoms with E-state index < -0.39 is 0 Å². The van der Waals surface area contributed by atoms with Gasteiger partial charge in [0.05, 0.1) is 7.11 Å². The van der Waals surface area contributed by atoms with Gasteiger partial charge in [-0.1, -0.05) is 36.4 Å². The topological polar surface area (TPSA) is 46.5 Å². The van der Waals surface area contributed by atoms with Crippen molar-refractivity contribution in [3.05, 3.63) is 60.2 Å². The lowest BCUT2D eigenvalue weighted by Crippen LogP contribution is -1.93. The maximum atomic E-state index is 11.0. The fourth-order valence-electron chi connectivity index (χ4n) is 1.67. The van der Waals surface area contributed by atoms with Crippen molar-refractivity contribution in [1.82, 2.24) is 0 Å². The van der Waals surface area contributed by atoms with Crippen molar-refractivity contribution < 1.29 is 14.6 Å². The zero-order valence-corrected chi connectivity index (χ0v) is 10.5. The van der Waals surface area contributed by atoms with E-state index >= 15 is 0 Å². The van der Waals surface area contributed by atoms with E-state index in [0.717, 1.165) is 16.7 Å². The molecule has 0 unspecified atom stereocenters. The largest absolute Gasteiger partial charge is 0.508 e. The number of esters is 1. The Morgan fingerprint density at radius 1 is 1.00 bits per heavy atom. The normalized spacial score (nSPS) is 10.6. The smallest absolute Gasteiger partial charge is 0.330 e. The number of phenols is 1. The van der Waals surface area contributed by atoms with Gasteiger partial charge in [-0.2, -0.15) is 0 Å². The highest BCUT2D eigenvalue weighted by atomic mass is 16.5. The molecule has 2 rings (SSSR count). The highest BCUT2D eigenvalue weighted by Gasteiger charge is 1.98. The Balaban J connectivity index is 2.16. The van der Waals surface area contributed by atoms with Crippen molar-refractivity contribution in [3.8, 4) is 16.9 Å². The Morgan fingerprint density at radius 2 is 1.53 bits per heavy atom. The minimum absolute atomic E-state index is 0.251. The second-order valence-electron chi connectivity index (χ2n) is 4.03.